The Bertz CT molecular complexity index is 453. The van der Waals surface area contributed by atoms with E-state index in [4.69, 9.17) is 15.7 Å². The van der Waals surface area contributed by atoms with Crippen LogP contribution >= 0.6 is 0 Å². The fraction of sp³-hybridized carbons (Fsp3) is 0.364. The molecule has 0 aliphatic rings. The Labute approximate surface area is 99.4 Å². The number of anilines is 2. The van der Waals surface area contributed by atoms with Crippen LogP contribution in [0.1, 0.15) is 19.4 Å². The summed E-state index contributed by atoms with van der Waals surface area (Å²) in [6.07, 6.45) is 1.45. The van der Waals surface area contributed by atoms with E-state index in [-0.39, 0.29) is 5.69 Å². The van der Waals surface area contributed by atoms with Gasteiger partial charge in [-0.05, 0) is 19.9 Å². The Balaban J connectivity index is 2.82. The van der Waals surface area contributed by atoms with Crippen LogP contribution in [0.4, 0.5) is 11.5 Å². The van der Waals surface area contributed by atoms with E-state index >= 15 is 0 Å². The molecular weight excluding hydrogens is 220 g/mol. The van der Waals surface area contributed by atoms with Crippen molar-refractivity contribution in [3.05, 3.63) is 17.8 Å². The zero-order valence-corrected chi connectivity index (χ0v) is 9.73. The van der Waals surface area contributed by atoms with Crippen LogP contribution in [0, 0.1) is 11.3 Å². The highest BCUT2D eigenvalue weighted by molar-refractivity contribution is 5.80. The first-order valence-electron chi connectivity index (χ1n) is 5.17. The number of carbonyl (C=O) groups is 1. The highest BCUT2D eigenvalue weighted by Gasteiger charge is 2.16. The molecule has 1 atom stereocenters. The second-order valence-electron chi connectivity index (χ2n) is 3.35. The predicted molar refractivity (Wildman–Crippen MR) is 63.1 cm³/mol. The van der Waals surface area contributed by atoms with Gasteiger partial charge in [-0.25, -0.2) is 9.78 Å². The molecule has 1 aromatic heterocycles. The third-order valence-electron chi connectivity index (χ3n) is 2.10. The fourth-order valence-electron chi connectivity index (χ4n) is 1.22. The van der Waals surface area contributed by atoms with Crippen molar-refractivity contribution in [3.8, 4) is 6.07 Å². The standard InChI is InChI=1S/C11H14N4O2/c1-3-17-11(16)7(2)15-10-9(13)8(6-12)4-5-14-10/h4-5,7H,3,13H2,1-2H3,(H,14,15). The van der Waals surface area contributed by atoms with E-state index in [0.717, 1.165) is 0 Å². The topological polar surface area (TPSA) is 101 Å². The van der Waals surface area contributed by atoms with Crippen LogP contribution in [0.25, 0.3) is 0 Å². The zero-order valence-electron chi connectivity index (χ0n) is 9.73. The highest BCUT2D eigenvalue weighted by Crippen LogP contribution is 2.19. The Kier molecular flexibility index (Phi) is 4.29. The summed E-state index contributed by atoms with van der Waals surface area (Å²) < 4.78 is 4.84. The van der Waals surface area contributed by atoms with E-state index in [1.807, 2.05) is 6.07 Å². The molecule has 0 saturated heterocycles. The van der Waals surface area contributed by atoms with Crippen molar-refractivity contribution < 1.29 is 9.53 Å². The molecule has 1 aromatic rings. The number of nitrogen functional groups attached to an aromatic ring is 1. The summed E-state index contributed by atoms with van der Waals surface area (Å²) in [5.74, 6) is -0.0827. The number of esters is 1. The van der Waals surface area contributed by atoms with Gasteiger partial charge in [0.05, 0.1) is 17.9 Å². The lowest BCUT2D eigenvalue weighted by atomic mass is 10.2. The number of nitriles is 1. The number of aromatic nitrogens is 1. The monoisotopic (exact) mass is 234 g/mol. The maximum atomic E-state index is 11.4. The van der Waals surface area contributed by atoms with Gasteiger partial charge < -0.3 is 15.8 Å². The molecule has 0 amide bonds. The molecule has 0 aliphatic carbocycles. The first kappa shape index (κ1) is 12.8. The van der Waals surface area contributed by atoms with Gasteiger partial charge in [0.25, 0.3) is 0 Å². The van der Waals surface area contributed by atoms with E-state index in [9.17, 15) is 4.79 Å². The largest absolute Gasteiger partial charge is 0.464 e. The molecule has 1 rings (SSSR count). The van der Waals surface area contributed by atoms with Gasteiger partial charge >= 0.3 is 5.97 Å². The summed E-state index contributed by atoms with van der Waals surface area (Å²) in [6.45, 7) is 3.68. The van der Waals surface area contributed by atoms with Crippen LogP contribution in [0.15, 0.2) is 12.3 Å². The van der Waals surface area contributed by atoms with Crippen LogP contribution in [-0.4, -0.2) is 23.6 Å². The quantitative estimate of drug-likeness (QED) is 0.750. The molecule has 1 unspecified atom stereocenters. The molecule has 6 heteroatoms. The number of nitrogens with zero attached hydrogens (tertiary/aromatic N) is 2. The molecule has 0 fully saturated rings. The Morgan fingerprint density at radius 3 is 3.06 bits per heavy atom. The summed E-state index contributed by atoms with van der Waals surface area (Å²) in [7, 11) is 0. The van der Waals surface area contributed by atoms with Gasteiger partial charge in [0.1, 0.15) is 12.1 Å². The zero-order chi connectivity index (χ0) is 12.8. The van der Waals surface area contributed by atoms with Crippen molar-refractivity contribution in [1.29, 1.82) is 5.26 Å². The Morgan fingerprint density at radius 1 is 1.76 bits per heavy atom. The summed E-state index contributed by atoms with van der Waals surface area (Å²) in [5, 5.41) is 11.6. The summed E-state index contributed by atoms with van der Waals surface area (Å²) in [4.78, 5) is 15.4. The van der Waals surface area contributed by atoms with Gasteiger partial charge in [-0.2, -0.15) is 5.26 Å². The van der Waals surface area contributed by atoms with Crippen LogP contribution in [0.5, 0.6) is 0 Å². The van der Waals surface area contributed by atoms with E-state index in [2.05, 4.69) is 10.3 Å². The number of rotatable bonds is 4. The van der Waals surface area contributed by atoms with E-state index in [1.165, 1.54) is 12.3 Å². The molecule has 0 spiro atoms. The SMILES string of the molecule is CCOC(=O)C(C)Nc1nccc(C#N)c1N. The van der Waals surface area contributed by atoms with Crippen LogP contribution in [0.3, 0.4) is 0 Å². The lowest BCUT2D eigenvalue weighted by molar-refractivity contribution is -0.143. The Hall–Kier alpha value is -2.29. The van der Waals surface area contributed by atoms with Gasteiger partial charge in [-0.1, -0.05) is 0 Å². The first-order chi connectivity index (χ1) is 8.10. The first-order valence-corrected chi connectivity index (χ1v) is 5.17. The average molecular weight is 234 g/mol. The van der Waals surface area contributed by atoms with Crippen LogP contribution in [0.2, 0.25) is 0 Å². The molecule has 90 valence electrons. The van der Waals surface area contributed by atoms with E-state index < -0.39 is 12.0 Å². The number of nitrogens with two attached hydrogens (primary N) is 1. The molecular formula is C11H14N4O2. The van der Waals surface area contributed by atoms with Crippen molar-refractivity contribution in [3.63, 3.8) is 0 Å². The second-order valence-corrected chi connectivity index (χ2v) is 3.35. The molecule has 1 heterocycles. The summed E-state index contributed by atoms with van der Waals surface area (Å²) in [6, 6.07) is 2.88. The van der Waals surface area contributed by atoms with Gasteiger partial charge in [-0.3, -0.25) is 0 Å². The molecule has 0 bridgehead atoms. The summed E-state index contributed by atoms with van der Waals surface area (Å²) >= 11 is 0. The van der Waals surface area contributed by atoms with Crippen LogP contribution in [-0.2, 0) is 9.53 Å². The second kappa shape index (κ2) is 5.70. The number of ether oxygens (including phenoxy) is 1. The van der Waals surface area contributed by atoms with Crippen molar-refractivity contribution >= 4 is 17.5 Å². The van der Waals surface area contributed by atoms with Crippen molar-refractivity contribution in [2.45, 2.75) is 19.9 Å². The van der Waals surface area contributed by atoms with Crippen molar-refractivity contribution in [2.24, 2.45) is 0 Å². The normalized spacial score (nSPS) is 11.4. The molecule has 3 N–H and O–H groups in total. The lowest BCUT2D eigenvalue weighted by Gasteiger charge is -2.14. The minimum atomic E-state index is -0.571. The summed E-state index contributed by atoms with van der Waals surface area (Å²) in [5.41, 5.74) is 6.26. The van der Waals surface area contributed by atoms with Crippen LogP contribution < -0.4 is 11.1 Å². The molecule has 6 nitrogen and oxygen atoms in total. The lowest BCUT2D eigenvalue weighted by Crippen LogP contribution is -2.29. The number of nitrogens with one attached hydrogen (secondary N) is 1. The van der Waals surface area contributed by atoms with Gasteiger partial charge in [0, 0.05) is 6.20 Å². The molecule has 0 aromatic carbocycles. The maximum Gasteiger partial charge on any atom is 0.328 e. The maximum absolute atomic E-state index is 11.4. The van der Waals surface area contributed by atoms with Gasteiger partial charge in [0.15, 0.2) is 5.82 Å². The molecule has 0 radical (unpaired) electrons. The molecule has 17 heavy (non-hydrogen) atoms. The Morgan fingerprint density at radius 2 is 2.47 bits per heavy atom. The van der Waals surface area contributed by atoms with E-state index in [0.29, 0.717) is 18.0 Å². The van der Waals surface area contributed by atoms with E-state index in [1.54, 1.807) is 13.8 Å². The number of hydrogen-bond acceptors (Lipinski definition) is 6. The minimum Gasteiger partial charge on any atom is -0.464 e. The van der Waals surface area contributed by atoms with Crippen molar-refractivity contribution in [1.82, 2.24) is 4.98 Å². The number of hydrogen-bond donors (Lipinski definition) is 2. The fourth-order valence-corrected chi connectivity index (χ4v) is 1.22. The number of pyridine rings is 1. The number of carbonyl (C=O) groups excluding carboxylic acids is 1. The smallest absolute Gasteiger partial charge is 0.328 e. The average Bonchev–Trinajstić information content (AvgIpc) is 2.32. The molecule has 0 saturated carbocycles. The minimum absolute atomic E-state index is 0.228. The third kappa shape index (κ3) is 3.08. The predicted octanol–water partition coefficient (Wildman–Crippen LogP) is 0.899. The van der Waals surface area contributed by atoms with Gasteiger partial charge in [-0.15, -0.1) is 0 Å². The highest BCUT2D eigenvalue weighted by atomic mass is 16.5. The van der Waals surface area contributed by atoms with Gasteiger partial charge in [0.2, 0.25) is 0 Å². The third-order valence-corrected chi connectivity index (χ3v) is 2.10. The molecule has 0 aliphatic heterocycles. The van der Waals surface area contributed by atoms with Crippen molar-refractivity contribution in [2.75, 3.05) is 17.7 Å².